The van der Waals surface area contributed by atoms with E-state index in [4.69, 9.17) is 9.15 Å². The molecule has 3 rings (SSSR count). The van der Waals surface area contributed by atoms with Gasteiger partial charge in [-0.3, -0.25) is 10.1 Å². The Labute approximate surface area is 142 Å². The number of aryl methyl sites for hydroxylation is 1. The fourth-order valence-electron chi connectivity index (χ4n) is 2.25. The van der Waals surface area contributed by atoms with E-state index in [9.17, 15) is 9.59 Å². The van der Waals surface area contributed by atoms with Gasteiger partial charge < -0.3 is 9.15 Å². The number of ether oxygens (including phenoxy) is 1. The summed E-state index contributed by atoms with van der Waals surface area (Å²) in [4.78, 5) is 29.4. The number of amides is 1. The molecule has 124 valence electrons. The summed E-state index contributed by atoms with van der Waals surface area (Å²) in [6.45, 7) is 5.70. The SMILES string of the molecule is Cc1cnc(NC(=O)c2cc(=O)oc3cc(OC(C)C)ccc23)s1. The highest BCUT2D eigenvalue weighted by Crippen LogP contribution is 2.25. The lowest BCUT2D eigenvalue weighted by atomic mass is 10.1. The zero-order chi connectivity index (χ0) is 17.3. The van der Waals surface area contributed by atoms with Crippen molar-refractivity contribution in [2.45, 2.75) is 26.9 Å². The van der Waals surface area contributed by atoms with Crippen molar-refractivity contribution in [3.8, 4) is 5.75 Å². The number of carbonyl (C=O) groups is 1. The third-order valence-corrected chi connectivity index (χ3v) is 4.00. The third kappa shape index (κ3) is 3.46. The van der Waals surface area contributed by atoms with E-state index in [1.54, 1.807) is 24.4 Å². The second kappa shape index (κ2) is 6.45. The Morgan fingerprint density at radius 1 is 1.33 bits per heavy atom. The molecule has 0 aliphatic rings. The van der Waals surface area contributed by atoms with Crippen LogP contribution in [-0.4, -0.2) is 17.0 Å². The predicted octanol–water partition coefficient (Wildman–Crippen LogP) is 3.60. The van der Waals surface area contributed by atoms with Gasteiger partial charge in [-0.1, -0.05) is 0 Å². The number of hydrogen-bond donors (Lipinski definition) is 1. The maximum Gasteiger partial charge on any atom is 0.337 e. The normalized spacial score (nSPS) is 11.0. The third-order valence-electron chi connectivity index (χ3n) is 3.17. The molecule has 1 amide bonds. The van der Waals surface area contributed by atoms with Gasteiger partial charge in [0.1, 0.15) is 11.3 Å². The molecule has 0 unspecified atom stereocenters. The second-order valence-corrected chi connectivity index (χ2v) is 6.77. The molecule has 0 saturated carbocycles. The molecule has 2 heterocycles. The minimum Gasteiger partial charge on any atom is -0.491 e. The Hall–Kier alpha value is -2.67. The van der Waals surface area contributed by atoms with E-state index in [1.807, 2.05) is 20.8 Å². The number of carbonyl (C=O) groups excluding carboxylic acids is 1. The van der Waals surface area contributed by atoms with Crippen molar-refractivity contribution in [2.24, 2.45) is 0 Å². The molecule has 0 atom stereocenters. The van der Waals surface area contributed by atoms with E-state index >= 15 is 0 Å². The van der Waals surface area contributed by atoms with Crippen molar-refractivity contribution in [3.63, 3.8) is 0 Å². The number of nitrogens with one attached hydrogen (secondary N) is 1. The van der Waals surface area contributed by atoms with Crippen molar-refractivity contribution in [3.05, 3.63) is 51.3 Å². The molecule has 24 heavy (non-hydrogen) atoms. The largest absolute Gasteiger partial charge is 0.491 e. The van der Waals surface area contributed by atoms with E-state index in [2.05, 4.69) is 10.3 Å². The van der Waals surface area contributed by atoms with Gasteiger partial charge in [-0.05, 0) is 32.9 Å². The molecule has 2 aromatic heterocycles. The van der Waals surface area contributed by atoms with E-state index in [0.717, 1.165) is 4.88 Å². The van der Waals surface area contributed by atoms with Crippen LogP contribution < -0.4 is 15.7 Å². The summed E-state index contributed by atoms with van der Waals surface area (Å²) in [5.41, 5.74) is -0.0454. The van der Waals surface area contributed by atoms with E-state index in [1.165, 1.54) is 17.4 Å². The molecule has 0 aliphatic carbocycles. The van der Waals surface area contributed by atoms with Crippen LogP contribution in [0.1, 0.15) is 29.1 Å². The lowest BCUT2D eigenvalue weighted by Gasteiger charge is -2.11. The van der Waals surface area contributed by atoms with Crippen LogP contribution in [0.2, 0.25) is 0 Å². The summed E-state index contributed by atoms with van der Waals surface area (Å²) in [7, 11) is 0. The molecule has 3 aromatic rings. The molecular weight excluding hydrogens is 328 g/mol. The maximum absolute atomic E-state index is 12.5. The van der Waals surface area contributed by atoms with Crippen molar-refractivity contribution in [1.29, 1.82) is 0 Å². The molecule has 6 nitrogen and oxygen atoms in total. The van der Waals surface area contributed by atoms with Gasteiger partial charge in [0.2, 0.25) is 0 Å². The molecule has 1 N–H and O–H groups in total. The lowest BCUT2D eigenvalue weighted by Crippen LogP contribution is -2.15. The molecule has 0 saturated heterocycles. The Kier molecular flexibility index (Phi) is 4.35. The fourth-order valence-corrected chi connectivity index (χ4v) is 2.91. The quantitative estimate of drug-likeness (QED) is 0.731. The molecule has 0 bridgehead atoms. The average molecular weight is 344 g/mol. The second-order valence-electron chi connectivity index (χ2n) is 5.53. The van der Waals surface area contributed by atoms with Gasteiger partial charge in [0.25, 0.3) is 5.91 Å². The molecule has 0 spiro atoms. The van der Waals surface area contributed by atoms with Gasteiger partial charge in [0.05, 0.1) is 11.7 Å². The first-order valence-electron chi connectivity index (χ1n) is 7.41. The number of hydrogen-bond acceptors (Lipinski definition) is 6. The zero-order valence-electron chi connectivity index (χ0n) is 13.5. The number of fused-ring (bicyclic) bond motifs is 1. The van der Waals surface area contributed by atoms with Gasteiger partial charge >= 0.3 is 5.63 Å². The summed E-state index contributed by atoms with van der Waals surface area (Å²) in [6.07, 6.45) is 1.67. The molecule has 1 aromatic carbocycles. The number of thiazole rings is 1. The van der Waals surface area contributed by atoms with Crippen molar-refractivity contribution in [1.82, 2.24) is 4.98 Å². The fraction of sp³-hybridized carbons (Fsp3) is 0.235. The first-order chi connectivity index (χ1) is 11.4. The van der Waals surface area contributed by atoms with Gasteiger partial charge in [0.15, 0.2) is 5.13 Å². The number of nitrogens with zero attached hydrogens (tertiary/aromatic N) is 1. The minimum absolute atomic E-state index is 0.00574. The zero-order valence-corrected chi connectivity index (χ0v) is 14.3. The maximum atomic E-state index is 12.5. The van der Waals surface area contributed by atoms with Gasteiger partial charge in [-0.25, -0.2) is 9.78 Å². The molecule has 7 heteroatoms. The monoisotopic (exact) mass is 344 g/mol. The Morgan fingerprint density at radius 2 is 2.12 bits per heavy atom. The summed E-state index contributed by atoms with van der Waals surface area (Å²) < 4.78 is 10.8. The van der Waals surface area contributed by atoms with Gasteiger partial charge in [0, 0.05) is 28.6 Å². The highest BCUT2D eigenvalue weighted by atomic mass is 32.1. The highest BCUT2D eigenvalue weighted by Gasteiger charge is 2.15. The van der Waals surface area contributed by atoms with Crippen LogP contribution in [0.3, 0.4) is 0 Å². The van der Waals surface area contributed by atoms with E-state index < -0.39 is 11.5 Å². The van der Waals surface area contributed by atoms with E-state index in [0.29, 0.717) is 21.9 Å². The summed E-state index contributed by atoms with van der Waals surface area (Å²) in [6, 6.07) is 6.24. The van der Waals surface area contributed by atoms with Crippen LogP contribution in [0.5, 0.6) is 5.75 Å². The summed E-state index contributed by atoms with van der Waals surface area (Å²) >= 11 is 1.36. The number of anilines is 1. The molecular formula is C17H16N2O4S. The van der Waals surface area contributed by atoms with Crippen molar-refractivity contribution in [2.75, 3.05) is 5.32 Å². The lowest BCUT2D eigenvalue weighted by molar-refractivity contribution is 0.102. The van der Waals surface area contributed by atoms with E-state index in [-0.39, 0.29) is 11.7 Å². The minimum atomic E-state index is -0.593. The standard InChI is InChI=1S/C17H16N2O4S/c1-9(2)22-11-4-5-12-13(7-15(20)23-14(12)6-11)16(21)19-17-18-8-10(3)24-17/h4-9H,1-3H3,(H,18,19,21). The molecule has 0 radical (unpaired) electrons. The highest BCUT2D eigenvalue weighted by molar-refractivity contribution is 7.15. The average Bonchev–Trinajstić information content (AvgIpc) is 2.90. The smallest absolute Gasteiger partial charge is 0.337 e. The first kappa shape index (κ1) is 16.2. The van der Waals surface area contributed by atoms with Crippen LogP contribution in [-0.2, 0) is 0 Å². The number of rotatable bonds is 4. The Balaban J connectivity index is 2.00. The van der Waals surface area contributed by atoms with Crippen molar-refractivity contribution >= 4 is 33.3 Å². The van der Waals surface area contributed by atoms with Crippen LogP contribution >= 0.6 is 11.3 Å². The molecule has 0 fully saturated rings. The Morgan fingerprint density at radius 3 is 2.79 bits per heavy atom. The summed E-state index contributed by atoms with van der Waals surface area (Å²) in [5.74, 6) is 0.175. The Bertz CT molecular complexity index is 959. The van der Waals surface area contributed by atoms with Gasteiger partial charge in [-0.15, -0.1) is 11.3 Å². The summed E-state index contributed by atoms with van der Waals surface area (Å²) in [5, 5.41) is 3.73. The van der Waals surface area contributed by atoms with Crippen LogP contribution in [0.4, 0.5) is 5.13 Å². The van der Waals surface area contributed by atoms with Gasteiger partial charge in [-0.2, -0.15) is 0 Å². The van der Waals surface area contributed by atoms with Crippen molar-refractivity contribution < 1.29 is 13.9 Å². The molecule has 0 aliphatic heterocycles. The van der Waals surface area contributed by atoms with Crippen LogP contribution in [0.25, 0.3) is 11.0 Å². The number of aromatic nitrogens is 1. The number of benzene rings is 1. The van der Waals surface area contributed by atoms with Crippen LogP contribution in [0.15, 0.2) is 39.7 Å². The topological polar surface area (TPSA) is 81.4 Å². The van der Waals surface area contributed by atoms with Crippen LogP contribution in [0, 0.1) is 6.92 Å². The predicted molar refractivity (Wildman–Crippen MR) is 93.1 cm³/mol. The first-order valence-corrected chi connectivity index (χ1v) is 8.22.